The van der Waals surface area contributed by atoms with Gasteiger partial charge in [0.05, 0.1) is 0 Å². The number of rotatable bonds is 6. The molecule has 0 rings (SSSR count). The largest absolute Gasteiger partial charge is 0.278 e. The SMILES string of the molecule is CCCC(C(C)CC)C(F)(F)CF. The molecule has 0 bridgehead atoms. The predicted octanol–water partition coefficient (Wildman–Crippen LogP) is 4.05. The van der Waals surface area contributed by atoms with Crippen molar-refractivity contribution in [2.24, 2.45) is 11.8 Å². The Hall–Kier alpha value is -0.210. The first-order chi connectivity index (χ1) is 5.99. The molecule has 0 heterocycles. The van der Waals surface area contributed by atoms with Crippen molar-refractivity contribution in [3.8, 4) is 0 Å². The summed E-state index contributed by atoms with van der Waals surface area (Å²) in [6.07, 6.45) is 1.77. The van der Waals surface area contributed by atoms with E-state index < -0.39 is 18.5 Å². The van der Waals surface area contributed by atoms with E-state index in [0.29, 0.717) is 19.3 Å². The summed E-state index contributed by atoms with van der Waals surface area (Å²) in [6, 6.07) is 0. The monoisotopic (exact) mass is 196 g/mol. The van der Waals surface area contributed by atoms with E-state index in [1.54, 1.807) is 6.92 Å². The highest BCUT2D eigenvalue weighted by Crippen LogP contribution is 2.35. The fourth-order valence-corrected chi connectivity index (χ4v) is 1.61. The van der Waals surface area contributed by atoms with E-state index in [-0.39, 0.29) is 5.92 Å². The Morgan fingerprint density at radius 3 is 2.08 bits per heavy atom. The van der Waals surface area contributed by atoms with Gasteiger partial charge in [0, 0.05) is 5.92 Å². The van der Waals surface area contributed by atoms with Crippen molar-refractivity contribution >= 4 is 0 Å². The molecule has 0 amide bonds. The van der Waals surface area contributed by atoms with Crippen molar-refractivity contribution in [2.45, 2.75) is 46.0 Å². The van der Waals surface area contributed by atoms with Gasteiger partial charge in [0.2, 0.25) is 0 Å². The minimum absolute atomic E-state index is 0.106. The van der Waals surface area contributed by atoms with Gasteiger partial charge >= 0.3 is 0 Å². The maximum atomic E-state index is 13.1. The van der Waals surface area contributed by atoms with Gasteiger partial charge in [-0.05, 0) is 12.3 Å². The molecule has 0 aromatic rings. The Bertz CT molecular complexity index is 134. The molecule has 2 atom stereocenters. The summed E-state index contributed by atoms with van der Waals surface area (Å²) in [5.74, 6) is -4.04. The first-order valence-corrected chi connectivity index (χ1v) is 4.93. The van der Waals surface area contributed by atoms with Gasteiger partial charge in [-0.15, -0.1) is 0 Å². The zero-order valence-corrected chi connectivity index (χ0v) is 8.62. The lowest BCUT2D eigenvalue weighted by molar-refractivity contribution is -0.0970. The van der Waals surface area contributed by atoms with Gasteiger partial charge in [-0.1, -0.05) is 33.6 Å². The zero-order chi connectivity index (χ0) is 10.5. The first-order valence-electron chi connectivity index (χ1n) is 4.93. The molecule has 13 heavy (non-hydrogen) atoms. The van der Waals surface area contributed by atoms with Crippen molar-refractivity contribution < 1.29 is 13.2 Å². The molecule has 3 heteroatoms. The van der Waals surface area contributed by atoms with Crippen LogP contribution in [0.4, 0.5) is 13.2 Å². The van der Waals surface area contributed by atoms with E-state index >= 15 is 0 Å². The van der Waals surface area contributed by atoms with Crippen LogP contribution in [-0.4, -0.2) is 12.6 Å². The molecule has 0 spiro atoms. The fraction of sp³-hybridized carbons (Fsp3) is 1.00. The highest BCUT2D eigenvalue weighted by Gasteiger charge is 2.41. The lowest BCUT2D eigenvalue weighted by Crippen LogP contribution is -2.34. The van der Waals surface area contributed by atoms with Gasteiger partial charge in [0.1, 0.15) is 0 Å². The molecule has 0 saturated heterocycles. The van der Waals surface area contributed by atoms with E-state index in [0.717, 1.165) is 0 Å². The first kappa shape index (κ1) is 12.8. The third-order valence-electron chi connectivity index (χ3n) is 2.65. The van der Waals surface area contributed by atoms with Crippen molar-refractivity contribution in [1.29, 1.82) is 0 Å². The van der Waals surface area contributed by atoms with Crippen molar-refractivity contribution in [3.63, 3.8) is 0 Å². The van der Waals surface area contributed by atoms with Crippen LogP contribution in [0.25, 0.3) is 0 Å². The third-order valence-corrected chi connectivity index (χ3v) is 2.65. The number of halogens is 3. The highest BCUT2D eigenvalue weighted by molar-refractivity contribution is 4.79. The number of hydrogen-bond acceptors (Lipinski definition) is 0. The predicted molar refractivity (Wildman–Crippen MR) is 48.8 cm³/mol. The summed E-state index contributed by atoms with van der Waals surface area (Å²) in [4.78, 5) is 0. The van der Waals surface area contributed by atoms with Gasteiger partial charge in [0.15, 0.2) is 6.67 Å². The normalized spacial score (nSPS) is 17.1. The van der Waals surface area contributed by atoms with E-state index in [2.05, 4.69) is 0 Å². The zero-order valence-electron chi connectivity index (χ0n) is 8.62. The van der Waals surface area contributed by atoms with Gasteiger partial charge in [0.25, 0.3) is 5.92 Å². The Labute approximate surface area is 78.5 Å². The summed E-state index contributed by atoms with van der Waals surface area (Å²) < 4.78 is 38.2. The van der Waals surface area contributed by atoms with Gasteiger partial charge < -0.3 is 0 Å². The Balaban J connectivity index is 4.39. The minimum Gasteiger partial charge on any atom is -0.244 e. The molecule has 0 nitrogen and oxygen atoms in total. The van der Waals surface area contributed by atoms with Crippen LogP contribution >= 0.6 is 0 Å². The van der Waals surface area contributed by atoms with E-state index in [1.807, 2.05) is 13.8 Å². The van der Waals surface area contributed by atoms with Crippen LogP contribution < -0.4 is 0 Å². The summed E-state index contributed by atoms with van der Waals surface area (Å²) in [5, 5.41) is 0. The summed E-state index contributed by atoms with van der Waals surface area (Å²) in [5.41, 5.74) is 0. The quantitative estimate of drug-likeness (QED) is 0.601. The second-order valence-electron chi connectivity index (χ2n) is 3.68. The van der Waals surface area contributed by atoms with Crippen molar-refractivity contribution in [3.05, 3.63) is 0 Å². The van der Waals surface area contributed by atoms with Crippen molar-refractivity contribution in [1.82, 2.24) is 0 Å². The second-order valence-corrected chi connectivity index (χ2v) is 3.68. The van der Waals surface area contributed by atoms with Crippen LogP contribution in [-0.2, 0) is 0 Å². The molecule has 0 aromatic carbocycles. The third kappa shape index (κ3) is 3.57. The van der Waals surface area contributed by atoms with E-state index in [4.69, 9.17) is 0 Å². The Morgan fingerprint density at radius 1 is 1.23 bits per heavy atom. The topological polar surface area (TPSA) is 0 Å². The Kier molecular flexibility index (Phi) is 5.42. The second kappa shape index (κ2) is 5.51. The minimum atomic E-state index is -3.13. The molecule has 0 fully saturated rings. The van der Waals surface area contributed by atoms with Crippen LogP contribution in [0.15, 0.2) is 0 Å². The van der Waals surface area contributed by atoms with Crippen LogP contribution in [0.2, 0.25) is 0 Å². The average molecular weight is 196 g/mol. The maximum absolute atomic E-state index is 13.1. The summed E-state index contributed by atoms with van der Waals surface area (Å²) in [7, 11) is 0. The standard InChI is InChI=1S/C10H19F3/c1-4-6-9(8(3)5-2)10(12,13)7-11/h8-9H,4-7H2,1-3H3. The summed E-state index contributed by atoms with van der Waals surface area (Å²) >= 11 is 0. The average Bonchev–Trinajstić information content (AvgIpc) is 2.12. The molecule has 0 aliphatic carbocycles. The number of alkyl halides is 3. The number of hydrogen-bond donors (Lipinski definition) is 0. The van der Waals surface area contributed by atoms with Crippen LogP contribution in [0.3, 0.4) is 0 Å². The molecule has 80 valence electrons. The van der Waals surface area contributed by atoms with Gasteiger partial charge in [-0.3, -0.25) is 0 Å². The molecule has 2 unspecified atom stereocenters. The fourth-order valence-electron chi connectivity index (χ4n) is 1.61. The molecule has 0 N–H and O–H groups in total. The molecular weight excluding hydrogens is 177 g/mol. The maximum Gasteiger partial charge on any atom is 0.278 e. The Morgan fingerprint density at radius 2 is 1.77 bits per heavy atom. The summed E-state index contributed by atoms with van der Waals surface area (Å²) in [6.45, 7) is 3.96. The lowest BCUT2D eigenvalue weighted by Gasteiger charge is -2.29. The van der Waals surface area contributed by atoms with Crippen LogP contribution in [0.5, 0.6) is 0 Å². The molecule has 0 radical (unpaired) electrons. The lowest BCUT2D eigenvalue weighted by atomic mass is 9.83. The molecule has 0 aromatic heterocycles. The molecule has 0 saturated carbocycles. The van der Waals surface area contributed by atoms with E-state index in [9.17, 15) is 13.2 Å². The smallest absolute Gasteiger partial charge is 0.244 e. The molecule has 0 aliphatic heterocycles. The van der Waals surface area contributed by atoms with E-state index in [1.165, 1.54) is 0 Å². The van der Waals surface area contributed by atoms with Crippen LogP contribution in [0, 0.1) is 11.8 Å². The molecular formula is C10H19F3. The molecule has 0 aliphatic rings. The van der Waals surface area contributed by atoms with Gasteiger partial charge in [-0.2, -0.15) is 0 Å². The highest BCUT2D eigenvalue weighted by atomic mass is 19.3. The van der Waals surface area contributed by atoms with Crippen LogP contribution in [0.1, 0.15) is 40.0 Å². The van der Waals surface area contributed by atoms with Crippen molar-refractivity contribution in [2.75, 3.05) is 6.67 Å². The van der Waals surface area contributed by atoms with Gasteiger partial charge in [-0.25, -0.2) is 13.2 Å².